The average molecular weight is 469 g/mol. The molecule has 0 unspecified atom stereocenters. The minimum absolute atomic E-state index is 0.196. The van der Waals surface area contributed by atoms with E-state index in [-0.39, 0.29) is 17.9 Å². The van der Waals surface area contributed by atoms with Gasteiger partial charge in [0.25, 0.3) is 0 Å². The normalized spacial score (nSPS) is 14.4. The van der Waals surface area contributed by atoms with Crippen LogP contribution in [0, 0.1) is 0 Å². The smallest absolute Gasteiger partial charge is 0.409 e. The van der Waals surface area contributed by atoms with E-state index < -0.39 is 5.97 Å². The Labute approximate surface area is 199 Å². The fraction of sp³-hybridized carbons (Fsp3) is 0.480. The fourth-order valence-electron chi connectivity index (χ4n) is 4.51. The molecule has 0 atom stereocenters. The molecule has 1 amide bonds. The predicted molar refractivity (Wildman–Crippen MR) is 128 cm³/mol. The molecule has 0 aliphatic carbocycles. The molecule has 0 spiro atoms. The van der Waals surface area contributed by atoms with Crippen molar-refractivity contribution in [1.82, 2.24) is 14.5 Å². The van der Waals surface area contributed by atoms with E-state index in [1.165, 1.54) is 0 Å². The molecule has 2 aromatic heterocycles. The largest absolute Gasteiger partial charge is 0.460 e. The van der Waals surface area contributed by atoms with Gasteiger partial charge < -0.3 is 28.3 Å². The van der Waals surface area contributed by atoms with Crippen molar-refractivity contribution in [3.8, 4) is 0 Å². The van der Waals surface area contributed by atoms with E-state index >= 15 is 0 Å². The lowest BCUT2D eigenvalue weighted by atomic mass is 10.0. The monoisotopic (exact) mass is 468 g/mol. The SMILES string of the molecule is CCOC(=O)c1ccc(Cn2c(N(CC)C3CCN(C(=O)OCC)CC3)nc3ccccc32)o1. The summed E-state index contributed by atoms with van der Waals surface area (Å²) in [5.74, 6) is 1.24. The highest BCUT2D eigenvalue weighted by Crippen LogP contribution is 2.29. The molecule has 182 valence electrons. The van der Waals surface area contributed by atoms with Crippen LogP contribution in [0.25, 0.3) is 11.0 Å². The number of aromatic nitrogens is 2. The maximum Gasteiger partial charge on any atom is 0.409 e. The second-order valence-electron chi connectivity index (χ2n) is 8.18. The number of fused-ring (bicyclic) bond motifs is 1. The number of amides is 1. The van der Waals surface area contributed by atoms with Crippen LogP contribution in [0.5, 0.6) is 0 Å². The van der Waals surface area contributed by atoms with Crippen LogP contribution < -0.4 is 4.90 Å². The van der Waals surface area contributed by atoms with Gasteiger partial charge in [-0.15, -0.1) is 0 Å². The highest BCUT2D eigenvalue weighted by molar-refractivity contribution is 5.86. The summed E-state index contributed by atoms with van der Waals surface area (Å²) in [5.41, 5.74) is 1.89. The number of furan rings is 1. The number of imidazole rings is 1. The standard InChI is InChI=1S/C25H32N4O5/c1-4-28(18-13-15-27(16-14-18)25(31)33-6-3)24-26-20-9-7-8-10-21(20)29(24)17-19-11-12-22(34-19)23(30)32-5-2/h7-12,18H,4-6,13-17H2,1-3H3. The molecule has 4 rings (SSSR count). The highest BCUT2D eigenvalue weighted by Gasteiger charge is 2.30. The Balaban J connectivity index is 1.59. The molecule has 1 saturated heterocycles. The lowest BCUT2D eigenvalue weighted by Crippen LogP contribution is -2.47. The molecule has 1 aliphatic heterocycles. The third-order valence-corrected chi connectivity index (χ3v) is 6.12. The molecule has 3 heterocycles. The summed E-state index contributed by atoms with van der Waals surface area (Å²) in [6, 6.07) is 11.7. The Bertz CT molecular complexity index is 1130. The Hall–Kier alpha value is -3.49. The molecular weight excluding hydrogens is 436 g/mol. The molecule has 0 saturated carbocycles. The van der Waals surface area contributed by atoms with Crippen LogP contribution in [0.15, 0.2) is 40.8 Å². The molecule has 0 bridgehead atoms. The first-order valence-electron chi connectivity index (χ1n) is 11.9. The van der Waals surface area contributed by atoms with Gasteiger partial charge >= 0.3 is 12.1 Å². The van der Waals surface area contributed by atoms with Crippen molar-refractivity contribution in [2.45, 2.75) is 46.2 Å². The molecule has 0 N–H and O–H groups in total. The van der Waals surface area contributed by atoms with Gasteiger partial charge in [0.2, 0.25) is 11.7 Å². The van der Waals surface area contributed by atoms with Gasteiger partial charge in [0.15, 0.2) is 0 Å². The third kappa shape index (κ3) is 4.88. The average Bonchev–Trinajstić information content (AvgIpc) is 3.46. The maximum atomic E-state index is 12.1. The zero-order valence-corrected chi connectivity index (χ0v) is 20.0. The van der Waals surface area contributed by atoms with Crippen LogP contribution >= 0.6 is 0 Å². The van der Waals surface area contributed by atoms with Crippen molar-refractivity contribution in [2.24, 2.45) is 0 Å². The van der Waals surface area contributed by atoms with Gasteiger partial charge in [0.05, 0.1) is 30.8 Å². The number of esters is 1. The third-order valence-electron chi connectivity index (χ3n) is 6.12. The van der Waals surface area contributed by atoms with Gasteiger partial charge in [0.1, 0.15) is 5.76 Å². The summed E-state index contributed by atoms with van der Waals surface area (Å²) in [6.45, 7) is 8.91. The first kappa shape index (κ1) is 23.7. The van der Waals surface area contributed by atoms with Crippen LogP contribution in [0.1, 0.15) is 49.9 Å². The van der Waals surface area contributed by atoms with E-state index in [4.69, 9.17) is 18.9 Å². The second-order valence-corrected chi connectivity index (χ2v) is 8.18. The van der Waals surface area contributed by atoms with E-state index in [9.17, 15) is 9.59 Å². The van der Waals surface area contributed by atoms with Crippen LogP contribution in [-0.4, -0.2) is 65.4 Å². The number of rotatable bonds is 8. The highest BCUT2D eigenvalue weighted by atomic mass is 16.6. The number of carbonyl (C=O) groups excluding carboxylic acids is 2. The number of nitrogens with zero attached hydrogens (tertiary/aromatic N) is 4. The van der Waals surface area contributed by atoms with Crippen LogP contribution in [-0.2, 0) is 16.0 Å². The van der Waals surface area contributed by atoms with E-state index in [2.05, 4.69) is 16.4 Å². The summed E-state index contributed by atoms with van der Waals surface area (Å²) in [7, 11) is 0. The van der Waals surface area contributed by atoms with Crippen LogP contribution in [0.2, 0.25) is 0 Å². The number of benzene rings is 1. The molecule has 1 aromatic carbocycles. The number of ether oxygens (including phenoxy) is 2. The molecule has 3 aromatic rings. The first-order valence-corrected chi connectivity index (χ1v) is 11.9. The molecule has 0 radical (unpaired) electrons. The van der Waals surface area contributed by atoms with Crippen molar-refractivity contribution < 1.29 is 23.5 Å². The van der Waals surface area contributed by atoms with Gasteiger partial charge in [-0.3, -0.25) is 0 Å². The quantitative estimate of drug-likeness (QED) is 0.455. The van der Waals surface area contributed by atoms with E-state index in [1.807, 2.05) is 31.2 Å². The number of hydrogen-bond acceptors (Lipinski definition) is 7. The summed E-state index contributed by atoms with van der Waals surface area (Å²) in [4.78, 5) is 33.2. The minimum atomic E-state index is -0.465. The van der Waals surface area contributed by atoms with E-state index in [0.717, 1.165) is 36.4 Å². The molecule has 9 nitrogen and oxygen atoms in total. The Morgan fingerprint density at radius 2 is 1.79 bits per heavy atom. The number of likely N-dealkylation sites (tertiary alicyclic amines) is 1. The zero-order chi connectivity index (χ0) is 24.1. The van der Waals surface area contributed by atoms with Gasteiger partial charge in [0, 0.05) is 25.7 Å². The molecular formula is C25H32N4O5. The number of piperidine rings is 1. The van der Waals surface area contributed by atoms with E-state index in [1.54, 1.807) is 24.0 Å². The topological polar surface area (TPSA) is 90.0 Å². The molecule has 1 aliphatic rings. The van der Waals surface area contributed by atoms with Crippen molar-refractivity contribution in [3.63, 3.8) is 0 Å². The molecule has 34 heavy (non-hydrogen) atoms. The summed E-state index contributed by atoms with van der Waals surface area (Å²) >= 11 is 0. The summed E-state index contributed by atoms with van der Waals surface area (Å²) in [5, 5.41) is 0. The maximum absolute atomic E-state index is 12.1. The summed E-state index contributed by atoms with van der Waals surface area (Å²) < 4.78 is 18.1. The predicted octanol–water partition coefficient (Wildman–Crippen LogP) is 4.30. The van der Waals surface area contributed by atoms with Gasteiger partial charge in [-0.05, 0) is 57.9 Å². The van der Waals surface area contributed by atoms with Crippen molar-refractivity contribution >= 4 is 29.0 Å². The zero-order valence-electron chi connectivity index (χ0n) is 20.0. The van der Waals surface area contributed by atoms with Crippen molar-refractivity contribution in [1.29, 1.82) is 0 Å². The van der Waals surface area contributed by atoms with Crippen molar-refractivity contribution in [2.75, 3.05) is 37.7 Å². The second kappa shape index (κ2) is 10.6. The van der Waals surface area contributed by atoms with E-state index in [0.29, 0.717) is 38.6 Å². The number of para-hydroxylation sites is 2. The van der Waals surface area contributed by atoms with Gasteiger partial charge in [-0.25, -0.2) is 14.6 Å². The van der Waals surface area contributed by atoms with Crippen LogP contribution in [0.3, 0.4) is 0 Å². The number of hydrogen-bond donors (Lipinski definition) is 0. The fourth-order valence-corrected chi connectivity index (χ4v) is 4.51. The minimum Gasteiger partial charge on any atom is -0.460 e. The number of anilines is 1. The van der Waals surface area contributed by atoms with Crippen molar-refractivity contribution in [3.05, 3.63) is 47.9 Å². The lowest BCUT2D eigenvalue weighted by Gasteiger charge is -2.38. The lowest BCUT2D eigenvalue weighted by molar-refractivity contribution is 0.0488. The Morgan fingerprint density at radius 1 is 1.06 bits per heavy atom. The number of carbonyl (C=O) groups is 2. The summed E-state index contributed by atoms with van der Waals surface area (Å²) in [6.07, 6.45) is 1.43. The molecule has 1 fully saturated rings. The first-order chi connectivity index (χ1) is 16.5. The van der Waals surface area contributed by atoms with Gasteiger partial charge in [-0.1, -0.05) is 12.1 Å². The molecule has 9 heteroatoms. The Morgan fingerprint density at radius 3 is 2.50 bits per heavy atom. The van der Waals surface area contributed by atoms with Gasteiger partial charge in [-0.2, -0.15) is 0 Å². The Kier molecular flexibility index (Phi) is 7.40. The van der Waals surface area contributed by atoms with Crippen LogP contribution in [0.4, 0.5) is 10.7 Å².